The van der Waals surface area contributed by atoms with E-state index in [2.05, 4.69) is 24.5 Å². The van der Waals surface area contributed by atoms with Crippen LogP contribution in [0, 0.1) is 11.3 Å². The molecule has 2 amide bonds. The van der Waals surface area contributed by atoms with Gasteiger partial charge in [-0.25, -0.2) is 4.79 Å². The van der Waals surface area contributed by atoms with Crippen LogP contribution < -0.4 is 10.6 Å². The summed E-state index contributed by atoms with van der Waals surface area (Å²) in [4.78, 5) is 11.6. The molecule has 3 N–H and O–H groups in total. The molecular formula is C14H28N2O2. The average molecular weight is 256 g/mol. The summed E-state index contributed by atoms with van der Waals surface area (Å²) in [6.45, 7) is 5.77. The first kappa shape index (κ1) is 15.3. The van der Waals surface area contributed by atoms with E-state index in [1.165, 1.54) is 6.42 Å². The molecule has 1 rings (SSSR count). The zero-order valence-corrected chi connectivity index (χ0v) is 11.8. The molecule has 0 aromatic rings. The molecule has 0 aromatic heterocycles. The first-order valence-corrected chi connectivity index (χ1v) is 7.20. The molecule has 1 saturated carbocycles. The van der Waals surface area contributed by atoms with E-state index in [0.29, 0.717) is 12.5 Å². The third kappa shape index (κ3) is 5.25. The molecule has 106 valence electrons. The predicted octanol–water partition coefficient (Wildman–Crippen LogP) is 2.27. The van der Waals surface area contributed by atoms with Crippen molar-refractivity contribution >= 4 is 6.03 Å². The van der Waals surface area contributed by atoms with Crippen LogP contribution in [0.25, 0.3) is 0 Å². The fourth-order valence-corrected chi connectivity index (χ4v) is 2.50. The lowest BCUT2D eigenvalue weighted by molar-refractivity contribution is 0.0834. The number of urea groups is 1. The van der Waals surface area contributed by atoms with E-state index in [1.54, 1.807) is 0 Å². The van der Waals surface area contributed by atoms with Gasteiger partial charge in [0, 0.05) is 18.5 Å². The number of aliphatic hydroxyl groups excluding tert-OH is 1. The molecule has 0 aliphatic heterocycles. The van der Waals surface area contributed by atoms with Crippen molar-refractivity contribution in [3.05, 3.63) is 0 Å². The molecule has 0 aromatic carbocycles. The number of hydrogen-bond donors (Lipinski definition) is 3. The summed E-state index contributed by atoms with van der Waals surface area (Å²) in [5.74, 6) is 0.604. The highest BCUT2D eigenvalue weighted by molar-refractivity contribution is 5.73. The Labute approximate surface area is 111 Å². The standard InChI is InChI=1S/C14H28N2O2/c1-12(2)6-9-15-13(18)16-10-14(11-17)7-4-3-5-8-14/h12,17H,3-11H2,1-2H3,(H2,15,16,18). The van der Waals surface area contributed by atoms with Crippen molar-refractivity contribution in [3.63, 3.8) is 0 Å². The van der Waals surface area contributed by atoms with Crippen molar-refractivity contribution in [1.82, 2.24) is 10.6 Å². The van der Waals surface area contributed by atoms with Crippen LogP contribution in [0.2, 0.25) is 0 Å². The number of aliphatic hydroxyl groups is 1. The van der Waals surface area contributed by atoms with Crippen molar-refractivity contribution in [2.75, 3.05) is 19.7 Å². The minimum absolute atomic E-state index is 0.0758. The Morgan fingerprint density at radius 2 is 1.89 bits per heavy atom. The lowest BCUT2D eigenvalue weighted by Gasteiger charge is -2.35. The molecule has 0 spiro atoms. The Balaban J connectivity index is 2.23. The average Bonchev–Trinajstić information content (AvgIpc) is 2.37. The van der Waals surface area contributed by atoms with Gasteiger partial charge in [0.1, 0.15) is 0 Å². The second kappa shape index (κ2) is 7.62. The summed E-state index contributed by atoms with van der Waals surface area (Å²) in [5.41, 5.74) is -0.0758. The first-order chi connectivity index (χ1) is 8.58. The molecule has 1 aliphatic rings. The van der Waals surface area contributed by atoms with E-state index in [9.17, 15) is 9.90 Å². The van der Waals surface area contributed by atoms with Crippen LogP contribution >= 0.6 is 0 Å². The van der Waals surface area contributed by atoms with E-state index >= 15 is 0 Å². The SMILES string of the molecule is CC(C)CCNC(=O)NCC1(CO)CCCCC1. The topological polar surface area (TPSA) is 61.4 Å². The van der Waals surface area contributed by atoms with Gasteiger partial charge in [-0.3, -0.25) is 0 Å². The fraction of sp³-hybridized carbons (Fsp3) is 0.929. The van der Waals surface area contributed by atoms with E-state index < -0.39 is 0 Å². The van der Waals surface area contributed by atoms with Crippen LogP contribution in [-0.4, -0.2) is 30.8 Å². The highest BCUT2D eigenvalue weighted by Gasteiger charge is 2.31. The van der Waals surface area contributed by atoms with Crippen molar-refractivity contribution < 1.29 is 9.90 Å². The molecule has 4 heteroatoms. The van der Waals surface area contributed by atoms with Gasteiger partial charge in [0.05, 0.1) is 6.61 Å². The summed E-state index contributed by atoms with van der Waals surface area (Å²) >= 11 is 0. The lowest BCUT2D eigenvalue weighted by atomic mass is 9.74. The van der Waals surface area contributed by atoms with Crippen LogP contribution in [0.15, 0.2) is 0 Å². The van der Waals surface area contributed by atoms with Crippen molar-refractivity contribution in [1.29, 1.82) is 0 Å². The second-order valence-corrected chi connectivity index (χ2v) is 6.01. The Hall–Kier alpha value is -0.770. The van der Waals surface area contributed by atoms with Crippen LogP contribution in [0.5, 0.6) is 0 Å². The number of carbonyl (C=O) groups excluding carboxylic acids is 1. The van der Waals surface area contributed by atoms with E-state index in [0.717, 1.165) is 38.6 Å². The summed E-state index contributed by atoms with van der Waals surface area (Å²) in [6.07, 6.45) is 6.63. The zero-order chi connectivity index (χ0) is 13.4. The summed E-state index contributed by atoms with van der Waals surface area (Å²) < 4.78 is 0. The van der Waals surface area contributed by atoms with Gasteiger partial charge in [0.2, 0.25) is 0 Å². The molecule has 0 heterocycles. The number of carbonyl (C=O) groups is 1. The number of rotatable bonds is 6. The normalized spacial score (nSPS) is 18.7. The van der Waals surface area contributed by atoms with Gasteiger partial charge in [-0.1, -0.05) is 33.1 Å². The predicted molar refractivity (Wildman–Crippen MR) is 73.5 cm³/mol. The Bertz CT molecular complexity index is 248. The lowest BCUT2D eigenvalue weighted by Crippen LogP contribution is -2.45. The van der Waals surface area contributed by atoms with E-state index in [-0.39, 0.29) is 18.1 Å². The molecule has 0 atom stereocenters. The molecule has 0 bridgehead atoms. The monoisotopic (exact) mass is 256 g/mol. The smallest absolute Gasteiger partial charge is 0.314 e. The number of hydrogen-bond acceptors (Lipinski definition) is 2. The van der Waals surface area contributed by atoms with Gasteiger partial charge in [0.25, 0.3) is 0 Å². The highest BCUT2D eigenvalue weighted by atomic mass is 16.3. The highest BCUT2D eigenvalue weighted by Crippen LogP contribution is 2.35. The molecule has 1 aliphatic carbocycles. The maximum atomic E-state index is 11.6. The molecule has 0 saturated heterocycles. The van der Waals surface area contributed by atoms with Crippen LogP contribution in [0.4, 0.5) is 4.79 Å². The minimum Gasteiger partial charge on any atom is -0.396 e. The zero-order valence-electron chi connectivity index (χ0n) is 11.8. The Morgan fingerprint density at radius 1 is 1.22 bits per heavy atom. The number of amides is 2. The largest absolute Gasteiger partial charge is 0.396 e. The summed E-state index contributed by atoms with van der Waals surface area (Å²) in [7, 11) is 0. The van der Waals surface area contributed by atoms with Crippen LogP contribution in [0.3, 0.4) is 0 Å². The molecular weight excluding hydrogens is 228 g/mol. The third-order valence-corrected chi connectivity index (χ3v) is 3.88. The van der Waals surface area contributed by atoms with Gasteiger partial charge in [-0.05, 0) is 25.2 Å². The maximum Gasteiger partial charge on any atom is 0.314 e. The van der Waals surface area contributed by atoms with Crippen molar-refractivity contribution in [2.24, 2.45) is 11.3 Å². The van der Waals surface area contributed by atoms with Crippen molar-refractivity contribution in [2.45, 2.75) is 52.4 Å². The van der Waals surface area contributed by atoms with Gasteiger partial charge in [-0.2, -0.15) is 0 Å². The molecule has 0 radical (unpaired) electrons. The van der Waals surface area contributed by atoms with Gasteiger partial charge in [0.15, 0.2) is 0 Å². The van der Waals surface area contributed by atoms with E-state index in [1.807, 2.05) is 0 Å². The molecule has 4 nitrogen and oxygen atoms in total. The van der Waals surface area contributed by atoms with Gasteiger partial charge < -0.3 is 15.7 Å². The third-order valence-electron chi connectivity index (χ3n) is 3.88. The first-order valence-electron chi connectivity index (χ1n) is 7.20. The molecule has 1 fully saturated rings. The summed E-state index contributed by atoms with van der Waals surface area (Å²) in [5, 5.41) is 15.3. The summed E-state index contributed by atoms with van der Waals surface area (Å²) in [6, 6.07) is -0.103. The Morgan fingerprint density at radius 3 is 2.44 bits per heavy atom. The van der Waals surface area contributed by atoms with Crippen molar-refractivity contribution in [3.8, 4) is 0 Å². The quantitative estimate of drug-likeness (QED) is 0.682. The Kier molecular flexibility index (Phi) is 6.47. The fourth-order valence-electron chi connectivity index (χ4n) is 2.50. The minimum atomic E-state index is -0.103. The van der Waals surface area contributed by atoms with Gasteiger partial charge >= 0.3 is 6.03 Å². The second-order valence-electron chi connectivity index (χ2n) is 6.01. The number of nitrogens with one attached hydrogen (secondary N) is 2. The van der Waals surface area contributed by atoms with Crippen LogP contribution in [-0.2, 0) is 0 Å². The van der Waals surface area contributed by atoms with E-state index in [4.69, 9.17) is 0 Å². The maximum absolute atomic E-state index is 11.6. The van der Waals surface area contributed by atoms with Crippen LogP contribution in [0.1, 0.15) is 52.4 Å². The van der Waals surface area contributed by atoms with Gasteiger partial charge in [-0.15, -0.1) is 0 Å². The molecule has 18 heavy (non-hydrogen) atoms. The molecule has 0 unspecified atom stereocenters.